The topological polar surface area (TPSA) is 81.5 Å². The van der Waals surface area contributed by atoms with Crippen LogP contribution in [0.4, 0.5) is 0 Å². The summed E-state index contributed by atoms with van der Waals surface area (Å²) in [6.45, 7) is 3.24. The van der Waals surface area contributed by atoms with E-state index in [9.17, 15) is 14.4 Å². The standard InChI is InChI=1S/C20H25N3O4S/c1-13-16-18(28-17(13)20(26)27-14-7-3-2-4-8-14)21-12-23(19(16)25)11-15(24)22-9-5-6-10-22/h12,14H,2-11H2,1H3. The molecular weight excluding hydrogens is 378 g/mol. The highest BCUT2D eigenvalue weighted by Crippen LogP contribution is 2.29. The van der Waals surface area contributed by atoms with Crippen LogP contribution in [-0.4, -0.2) is 45.5 Å². The molecule has 2 aromatic rings. The molecule has 0 atom stereocenters. The summed E-state index contributed by atoms with van der Waals surface area (Å²) in [6.07, 6.45) is 8.55. The Balaban J connectivity index is 1.58. The molecule has 1 saturated carbocycles. The smallest absolute Gasteiger partial charge is 0.348 e. The third kappa shape index (κ3) is 3.70. The van der Waals surface area contributed by atoms with Gasteiger partial charge in [0.25, 0.3) is 5.56 Å². The number of thiophene rings is 1. The van der Waals surface area contributed by atoms with Crippen LogP contribution in [-0.2, 0) is 16.1 Å². The van der Waals surface area contributed by atoms with Gasteiger partial charge in [0.1, 0.15) is 22.4 Å². The lowest BCUT2D eigenvalue weighted by Crippen LogP contribution is -2.34. The number of aromatic nitrogens is 2. The largest absolute Gasteiger partial charge is 0.458 e. The second-order valence-corrected chi connectivity index (χ2v) is 8.67. The van der Waals surface area contributed by atoms with Crippen molar-refractivity contribution in [3.05, 3.63) is 27.1 Å². The second-order valence-electron chi connectivity index (χ2n) is 7.67. The maximum Gasteiger partial charge on any atom is 0.348 e. The molecule has 3 heterocycles. The van der Waals surface area contributed by atoms with Crippen LogP contribution in [0.1, 0.15) is 60.2 Å². The normalized spacial score (nSPS) is 18.0. The first kappa shape index (κ1) is 19.1. The first-order valence-electron chi connectivity index (χ1n) is 10.0. The third-order valence-electron chi connectivity index (χ3n) is 5.69. The summed E-state index contributed by atoms with van der Waals surface area (Å²) >= 11 is 1.19. The summed E-state index contributed by atoms with van der Waals surface area (Å²) in [5, 5.41) is 0.414. The maximum absolute atomic E-state index is 12.9. The van der Waals surface area contributed by atoms with Crippen molar-refractivity contribution >= 4 is 33.4 Å². The van der Waals surface area contributed by atoms with Gasteiger partial charge in [0.15, 0.2) is 0 Å². The van der Waals surface area contributed by atoms with E-state index in [0.29, 0.717) is 20.7 Å². The highest BCUT2D eigenvalue weighted by atomic mass is 32.1. The van der Waals surface area contributed by atoms with Crippen LogP contribution in [0, 0.1) is 6.92 Å². The number of esters is 1. The molecule has 1 aliphatic heterocycles. The Morgan fingerprint density at radius 1 is 1.18 bits per heavy atom. The predicted molar refractivity (Wildman–Crippen MR) is 107 cm³/mol. The Labute approximate surface area is 167 Å². The molecule has 0 bridgehead atoms. The van der Waals surface area contributed by atoms with Crippen LogP contribution in [0.5, 0.6) is 0 Å². The minimum atomic E-state index is -0.369. The number of likely N-dealkylation sites (tertiary alicyclic amines) is 1. The fourth-order valence-electron chi connectivity index (χ4n) is 4.07. The maximum atomic E-state index is 12.9. The number of amides is 1. The lowest BCUT2D eigenvalue weighted by Gasteiger charge is -2.21. The molecule has 7 nitrogen and oxygen atoms in total. The van der Waals surface area contributed by atoms with Gasteiger partial charge in [-0.25, -0.2) is 9.78 Å². The first-order chi connectivity index (χ1) is 13.5. The minimum Gasteiger partial charge on any atom is -0.458 e. The molecule has 4 rings (SSSR count). The molecule has 2 aromatic heterocycles. The zero-order valence-electron chi connectivity index (χ0n) is 16.1. The van der Waals surface area contributed by atoms with Crippen molar-refractivity contribution in [1.29, 1.82) is 0 Å². The van der Waals surface area contributed by atoms with Gasteiger partial charge >= 0.3 is 5.97 Å². The number of rotatable bonds is 4. The molecule has 1 amide bonds. The summed E-state index contributed by atoms with van der Waals surface area (Å²) in [4.78, 5) is 45.0. The molecule has 2 aliphatic rings. The molecule has 0 spiro atoms. The Bertz CT molecular complexity index is 952. The summed E-state index contributed by atoms with van der Waals surface area (Å²) < 4.78 is 7.01. The number of carbonyl (C=O) groups is 2. The number of fused-ring (bicyclic) bond motifs is 1. The van der Waals surface area contributed by atoms with Gasteiger partial charge in [-0.05, 0) is 51.0 Å². The molecule has 2 fully saturated rings. The van der Waals surface area contributed by atoms with E-state index < -0.39 is 0 Å². The molecule has 1 saturated heterocycles. The van der Waals surface area contributed by atoms with Crippen LogP contribution < -0.4 is 5.56 Å². The van der Waals surface area contributed by atoms with Crippen molar-refractivity contribution in [1.82, 2.24) is 14.5 Å². The minimum absolute atomic E-state index is 0.0150. The first-order valence-corrected chi connectivity index (χ1v) is 10.8. The quantitative estimate of drug-likeness (QED) is 0.733. The van der Waals surface area contributed by atoms with Gasteiger partial charge in [-0.1, -0.05) is 6.42 Å². The van der Waals surface area contributed by atoms with Crippen molar-refractivity contribution in [2.75, 3.05) is 13.1 Å². The van der Waals surface area contributed by atoms with Crippen LogP contribution in [0.3, 0.4) is 0 Å². The van der Waals surface area contributed by atoms with Gasteiger partial charge < -0.3 is 9.64 Å². The highest BCUT2D eigenvalue weighted by Gasteiger charge is 2.25. The number of nitrogens with zero attached hydrogens (tertiary/aromatic N) is 3. The second kappa shape index (κ2) is 8.03. The molecule has 150 valence electrons. The molecule has 0 N–H and O–H groups in total. The zero-order valence-corrected chi connectivity index (χ0v) is 16.9. The SMILES string of the molecule is Cc1c(C(=O)OC2CCCCC2)sc2ncn(CC(=O)N3CCCC3)c(=O)c12. The van der Waals surface area contributed by atoms with E-state index in [-0.39, 0.29) is 30.1 Å². The number of aryl methyl sites for hydroxylation is 1. The predicted octanol–water partition coefficient (Wildman–Crippen LogP) is 2.88. The van der Waals surface area contributed by atoms with Crippen LogP contribution in [0.25, 0.3) is 10.2 Å². The van der Waals surface area contributed by atoms with E-state index in [1.54, 1.807) is 11.8 Å². The monoisotopic (exact) mass is 403 g/mol. The number of carbonyl (C=O) groups excluding carboxylic acids is 2. The lowest BCUT2D eigenvalue weighted by molar-refractivity contribution is -0.130. The van der Waals surface area contributed by atoms with Gasteiger partial charge in [-0.3, -0.25) is 14.2 Å². The van der Waals surface area contributed by atoms with Gasteiger partial charge in [-0.2, -0.15) is 0 Å². The van der Waals surface area contributed by atoms with Gasteiger partial charge in [0, 0.05) is 13.1 Å². The van der Waals surface area contributed by atoms with Crippen LogP contribution in [0.2, 0.25) is 0 Å². The van der Waals surface area contributed by atoms with Crippen molar-refractivity contribution < 1.29 is 14.3 Å². The number of hydrogen-bond donors (Lipinski definition) is 0. The van der Waals surface area contributed by atoms with E-state index in [1.807, 2.05) is 0 Å². The van der Waals surface area contributed by atoms with Crippen LogP contribution >= 0.6 is 11.3 Å². The average Bonchev–Trinajstić information content (AvgIpc) is 3.33. The van der Waals surface area contributed by atoms with E-state index in [1.165, 1.54) is 28.7 Å². The fourth-order valence-corrected chi connectivity index (χ4v) is 5.09. The molecular formula is C20H25N3O4S. The molecule has 0 unspecified atom stereocenters. The van der Waals surface area contributed by atoms with Crippen LogP contribution in [0.15, 0.2) is 11.1 Å². The van der Waals surface area contributed by atoms with E-state index in [4.69, 9.17) is 4.74 Å². The fraction of sp³-hybridized carbons (Fsp3) is 0.600. The zero-order chi connectivity index (χ0) is 19.7. The van der Waals surface area contributed by atoms with E-state index in [0.717, 1.165) is 51.6 Å². The Kier molecular flexibility index (Phi) is 5.48. The van der Waals surface area contributed by atoms with Crippen molar-refractivity contribution in [3.63, 3.8) is 0 Å². The average molecular weight is 404 g/mol. The van der Waals surface area contributed by atoms with Crippen molar-refractivity contribution in [2.24, 2.45) is 0 Å². The van der Waals surface area contributed by atoms with E-state index in [2.05, 4.69) is 4.98 Å². The summed E-state index contributed by atoms with van der Waals surface area (Å²) in [5.41, 5.74) is 0.323. The van der Waals surface area contributed by atoms with Gasteiger partial charge in [0.05, 0.1) is 11.7 Å². The Morgan fingerprint density at radius 3 is 2.61 bits per heavy atom. The van der Waals surface area contributed by atoms with Gasteiger partial charge in [-0.15, -0.1) is 11.3 Å². The van der Waals surface area contributed by atoms with E-state index >= 15 is 0 Å². The molecule has 1 aliphatic carbocycles. The molecule has 0 aromatic carbocycles. The third-order valence-corrected chi connectivity index (χ3v) is 6.87. The Morgan fingerprint density at radius 2 is 1.89 bits per heavy atom. The Hall–Kier alpha value is -2.22. The summed E-state index contributed by atoms with van der Waals surface area (Å²) in [6, 6.07) is 0. The number of hydrogen-bond acceptors (Lipinski definition) is 6. The van der Waals surface area contributed by atoms with Crippen molar-refractivity contribution in [3.8, 4) is 0 Å². The van der Waals surface area contributed by atoms with Crippen molar-refractivity contribution in [2.45, 2.75) is 64.5 Å². The molecule has 8 heteroatoms. The lowest BCUT2D eigenvalue weighted by atomic mass is 9.98. The summed E-state index contributed by atoms with van der Waals surface area (Å²) in [5.74, 6) is -0.433. The van der Waals surface area contributed by atoms with Gasteiger partial charge in [0.2, 0.25) is 5.91 Å². The number of ether oxygens (including phenoxy) is 1. The molecule has 0 radical (unpaired) electrons. The summed E-state index contributed by atoms with van der Waals surface area (Å²) in [7, 11) is 0. The highest BCUT2D eigenvalue weighted by molar-refractivity contribution is 7.20. The molecule has 28 heavy (non-hydrogen) atoms.